The first kappa shape index (κ1) is 16.6. The maximum atomic E-state index is 14.3. The third kappa shape index (κ3) is 2.50. The molecule has 1 N–H and O–H groups in total. The molecule has 2 aromatic rings. The number of fused-ring (bicyclic) bond motifs is 1. The van der Waals surface area contributed by atoms with Crippen LogP contribution in [0.3, 0.4) is 0 Å². The molecule has 0 spiro atoms. The summed E-state index contributed by atoms with van der Waals surface area (Å²) in [4.78, 5) is 4.15. The zero-order chi connectivity index (χ0) is 17.5. The second-order valence-electron chi connectivity index (χ2n) is 5.16. The van der Waals surface area contributed by atoms with Crippen LogP contribution in [0.25, 0.3) is 0 Å². The standard InChI is InChI=1S/C16H11F3N2O2S/c1-24-11-3-2-10(23-9-4-8(5-20)6-21-7-9)12-13(11)15(22)16(18,19)14(12)17/h2-4,6-7,14-15,22H,1H3/t14-,15-/m0/s1. The van der Waals surface area contributed by atoms with Crippen molar-refractivity contribution in [3.8, 4) is 17.6 Å². The molecule has 124 valence electrons. The number of ether oxygens (including phenoxy) is 1. The third-order valence-corrected chi connectivity index (χ3v) is 4.52. The van der Waals surface area contributed by atoms with Crippen LogP contribution in [0.2, 0.25) is 0 Å². The lowest BCUT2D eigenvalue weighted by Crippen LogP contribution is -2.24. The van der Waals surface area contributed by atoms with Crippen molar-refractivity contribution in [2.45, 2.75) is 23.1 Å². The predicted octanol–water partition coefficient (Wildman–Crippen LogP) is 4.16. The molecule has 0 fully saturated rings. The fourth-order valence-electron chi connectivity index (χ4n) is 2.59. The fraction of sp³-hybridized carbons (Fsp3) is 0.250. The first-order chi connectivity index (χ1) is 11.4. The first-order valence-corrected chi connectivity index (χ1v) is 8.06. The van der Waals surface area contributed by atoms with Gasteiger partial charge >= 0.3 is 5.92 Å². The van der Waals surface area contributed by atoms with Crippen molar-refractivity contribution in [3.05, 3.63) is 47.3 Å². The largest absolute Gasteiger partial charge is 0.455 e. The van der Waals surface area contributed by atoms with Crippen molar-refractivity contribution >= 4 is 11.8 Å². The van der Waals surface area contributed by atoms with Crippen molar-refractivity contribution in [1.29, 1.82) is 5.26 Å². The van der Waals surface area contributed by atoms with Gasteiger partial charge in [-0.15, -0.1) is 11.8 Å². The average molecular weight is 352 g/mol. The lowest BCUT2D eigenvalue weighted by atomic mass is 10.1. The third-order valence-electron chi connectivity index (χ3n) is 3.73. The SMILES string of the molecule is CSc1ccc(Oc2cncc(C#N)c2)c2c1[C@H](O)C(F)(F)[C@H]2F. The van der Waals surface area contributed by atoms with E-state index < -0.39 is 18.2 Å². The van der Waals surface area contributed by atoms with Gasteiger partial charge in [0.05, 0.1) is 11.8 Å². The Bertz CT molecular complexity index is 839. The van der Waals surface area contributed by atoms with E-state index >= 15 is 0 Å². The molecule has 4 nitrogen and oxygen atoms in total. The minimum absolute atomic E-state index is 0.116. The van der Waals surface area contributed by atoms with E-state index in [1.165, 1.54) is 30.6 Å². The number of rotatable bonds is 3. The molecule has 3 rings (SSSR count). The summed E-state index contributed by atoms with van der Waals surface area (Å²) in [6.45, 7) is 0. The number of pyridine rings is 1. The minimum Gasteiger partial charge on any atom is -0.455 e. The number of benzene rings is 1. The second-order valence-corrected chi connectivity index (χ2v) is 6.00. The molecule has 0 aliphatic heterocycles. The van der Waals surface area contributed by atoms with Crippen molar-refractivity contribution in [3.63, 3.8) is 0 Å². The summed E-state index contributed by atoms with van der Waals surface area (Å²) in [6.07, 6.45) is -0.683. The smallest absolute Gasteiger partial charge is 0.312 e. The zero-order valence-corrected chi connectivity index (χ0v) is 13.1. The molecule has 0 radical (unpaired) electrons. The topological polar surface area (TPSA) is 66.1 Å². The summed E-state index contributed by atoms with van der Waals surface area (Å²) >= 11 is 1.13. The van der Waals surface area contributed by atoms with Crippen molar-refractivity contribution < 1.29 is 23.0 Å². The molecule has 1 aromatic heterocycles. The number of aromatic nitrogens is 1. The van der Waals surface area contributed by atoms with Crippen molar-refractivity contribution in [2.75, 3.05) is 6.26 Å². The van der Waals surface area contributed by atoms with Crippen LogP contribution in [0, 0.1) is 11.3 Å². The van der Waals surface area contributed by atoms with E-state index in [4.69, 9.17) is 10.00 Å². The molecular weight excluding hydrogens is 341 g/mol. The van der Waals surface area contributed by atoms with Gasteiger partial charge in [0.25, 0.3) is 0 Å². The lowest BCUT2D eigenvalue weighted by Gasteiger charge is -2.16. The van der Waals surface area contributed by atoms with E-state index in [2.05, 4.69) is 4.98 Å². The van der Waals surface area contributed by atoms with Crippen LogP contribution < -0.4 is 4.74 Å². The van der Waals surface area contributed by atoms with Crippen LogP contribution in [-0.2, 0) is 0 Å². The van der Waals surface area contributed by atoms with Gasteiger partial charge in [-0.2, -0.15) is 14.0 Å². The predicted molar refractivity (Wildman–Crippen MR) is 81.0 cm³/mol. The number of hydrogen-bond acceptors (Lipinski definition) is 5. The zero-order valence-electron chi connectivity index (χ0n) is 12.3. The number of nitrogens with zero attached hydrogens (tertiary/aromatic N) is 2. The molecule has 1 aliphatic rings. The molecule has 1 heterocycles. The Balaban J connectivity index is 2.10. The Hall–Kier alpha value is -2.24. The number of hydrogen-bond donors (Lipinski definition) is 1. The Morgan fingerprint density at radius 1 is 1.33 bits per heavy atom. The minimum atomic E-state index is -3.93. The molecular formula is C16H11F3N2O2S. The molecule has 0 amide bonds. The van der Waals surface area contributed by atoms with Crippen LogP contribution in [-0.4, -0.2) is 22.3 Å². The number of nitriles is 1. The van der Waals surface area contributed by atoms with Crippen LogP contribution in [0.15, 0.2) is 35.5 Å². The molecule has 0 bridgehead atoms. The van der Waals surface area contributed by atoms with Crippen LogP contribution in [0.1, 0.15) is 29.0 Å². The maximum Gasteiger partial charge on any atom is 0.312 e. The van der Waals surface area contributed by atoms with Gasteiger partial charge in [-0.3, -0.25) is 4.98 Å². The molecule has 1 aliphatic carbocycles. The second kappa shape index (κ2) is 6.00. The number of thioether (sulfide) groups is 1. The van der Waals surface area contributed by atoms with E-state index in [-0.39, 0.29) is 28.2 Å². The van der Waals surface area contributed by atoms with E-state index in [0.717, 1.165) is 11.8 Å². The Kier molecular flexibility index (Phi) is 4.15. The summed E-state index contributed by atoms with van der Waals surface area (Å²) in [5, 5.41) is 18.7. The summed E-state index contributed by atoms with van der Waals surface area (Å²) in [6, 6.07) is 6.08. The van der Waals surface area contributed by atoms with Crippen molar-refractivity contribution in [1.82, 2.24) is 4.98 Å². The van der Waals surface area contributed by atoms with Gasteiger partial charge in [0, 0.05) is 28.3 Å². The number of aliphatic hydroxyl groups is 1. The molecule has 0 unspecified atom stereocenters. The summed E-state index contributed by atoms with van der Waals surface area (Å²) < 4.78 is 47.6. The van der Waals surface area contributed by atoms with E-state index in [9.17, 15) is 18.3 Å². The highest BCUT2D eigenvalue weighted by molar-refractivity contribution is 7.98. The Morgan fingerprint density at radius 3 is 2.75 bits per heavy atom. The van der Waals surface area contributed by atoms with Gasteiger partial charge in [-0.05, 0) is 18.4 Å². The van der Waals surface area contributed by atoms with Gasteiger partial charge in [0.1, 0.15) is 23.7 Å². The van der Waals surface area contributed by atoms with E-state index in [0.29, 0.717) is 4.90 Å². The van der Waals surface area contributed by atoms with Crippen LogP contribution in [0.5, 0.6) is 11.5 Å². The van der Waals surface area contributed by atoms with Gasteiger partial charge in [0.15, 0.2) is 6.17 Å². The highest BCUT2D eigenvalue weighted by Gasteiger charge is 2.58. The Morgan fingerprint density at radius 2 is 2.08 bits per heavy atom. The fourth-order valence-corrected chi connectivity index (χ4v) is 3.24. The highest BCUT2D eigenvalue weighted by Crippen LogP contribution is 2.57. The monoisotopic (exact) mass is 352 g/mol. The van der Waals surface area contributed by atoms with Gasteiger partial charge in [0.2, 0.25) is 0 Å². The highest BCUT2D eigenvalue weighted by atomic mass is 32.2. The first-order valence-electron chi connectivity index (χ1n) is 6.84. The lowest BCUT2D eigenvalue weighted by molar-refractivity contribution is -0.143. The van der Waals surface area contributed by atoms with E-state index in [1.807, 2.05) is 6.07 Å². The normalized spacial score (nSPS) is 21.2. The summed E-state index contributed by atoms with van der Waals surface area (Å²) in [5.41, 5.74) is -0.323. The van der Waals surface area contributed by atoms with Crippen molar-refractivity contribution in [2.24, 2.45) is 0 Å². The van der Waals surface area contributed by atoms with Crippen LogP contribution in [0.4, 0.5) is 13.2 Å². The molecule has 0 saturated heterocycles. The molecule has 24 heavy (non-hydrogen) atoms. The quantitative estimate of drug-likeness (QED) is 0.840. The summed E-state index contributed by atoms with van der Waals surface area (Å²) in [5.74, 6) is -3.95. The van der Waals surface area contributed by atoms with E-state index in [1.54, 1.807) is 6.26 Å². The van der Waals surface area contributed by atoms with Gasteiger partial charge in [-0.25, -0.2) is 4.39 Å². The number of halogens is 3. The van der Waals surface area contributed by atoms with Gasteiger partial charge in [-0.1, -0.05) is 0 Å². The molecule has 8 heteroatoms. The molecule has 1 aromatic carbocycles. The number of alkyl halides is 3. The Labute approximate surface area is 139 Å². The average Bonchev–Trinajstić information content (AvgIpc) is 2.77. The molecule has 2 atom stereocenters. The molecule has 0 saturated carbocycles. The number of aliphatic hydroxyl groups excluding tert-OH is 1. The summed E-state index contributed by atoms with van der Waals surface area (Å²) in [7, 11) is 0. The van der Waals surface area contributed by atoms with Crippen LogP contribution >= 0.6 is 11.8 Å². The van der Waals surface area contributed by atoms with Gasteiger partial charge < -0.3 is 9.84 Å². The maximum absolute atomic E-state index is 14.3.